The molecule has 2 saturated carbocycles. The summed E-state index contributed by atoms with van der Waals surface area (Å²) in [6.45, 7) is 9.90. The Balaban J connectivity index is 0.00000331. The van der Waals surface area contributed by atoms with Crippen molar-refractivity contribution in [3.63, 3.8) is 0 Å². The summed E-state index contributed by atoms with van der Waals surface area (Å²) >= 11 is 7.86. The molecule has 1 N–H and O–H groups in total. The van der Waals surface area contributed by atoms with Gasteiger partial charge in [0, 0.05) is 51.9 Å². The second-order valence-corrected chi connectivity index (χ2v) is 19.6. The van der Waals surface area contributed by atoms with Crippen LogP contribution in [0.1, 0.15) is 57.9 Å². The summed E-state index contributed by atoms with van der Waals surface area (Å²) in [6.07, 6.45) is 3.96. The monoisotopic (exact) mass is 906 g/mol. The number of Topliss-reactive ketones (excluding diaryl/α,β-unsaturated/α-hetero) is 1. The number of pyridine rings is 1. The van der Waals surface area contributed by atoms with Crippen LogP contribution in [0.4, 0.5) is 0 Å². The molecule has 3 heterocycles. The first-order chi connectivity index (χ1) is 27.1. The number of allylic oxidation sites excluding steroid dienone is 1. The number of sulfonamides is 1. The fourth-order valence-corrected chi connectivity index (χ4v) is 10.2. The maximum atomic E-state index is 15.0. The standard InChI is InChI=1S/C42H47ClN4O8S2.2ClH/c1-7-25-19-42(25,40(50)46-57(51,52)29-13-14-29)20-35(48)34-17-28(55-38-31-16-26(43)10-15-30(31)36(54-6)21-44-38)22-47(34)39(49)32(41(2,3)4)18-37-45-33(23-56-37)24-8-11-27(53-5)12-9-24;;/h7-12,15-16,21,23,25,28-29,32,34H,1,13-14,17-20,22H2,2-6H3,(H,46,50);2*1H/t25-,28-,32-,34+,42-;;/m1../s1. The summed E-state index contributed by atoms with van der Waals surface area (Å²) in [5.74, 6) is -0.721. The average molecular weight is 908 g/mol. The first-order valence-electron chi connectivity index (χ1n) is 19.0. The van der Waals surface area contributed by atoms with Crippen LogP contribution in [0.3, 0.4) is 0 Å². The van der Waals surface area contributed by atoms with Gasteiger partial charge in [0.2, 0.25) is 27.7 Å². The minimum Gasteiger partial charge on any atom is -0.497 e. The Bertz CT molecular complexity index is 2330. The molecule has 0 radical (unpaired) electrons. The van der Waals surface area contributed by atoms with Crippen LogP contribution in [-0.4, -0.2) is 79.0 Å². The lowest BCUT2D eigenvalue weighted by molar-refractivity contribution is -0.144. The predicted molar refractivity (Wildman–Crippen MR) is 234 cm³/mol. The molecule has 2 aromatic heterocycles. The number of amides is 2. The van der Waals surface area contributed by atoms with E-state index in [0.717, 1.165) is 27.4 Å². The van der Waals surface area contributed by atoms with Gasteiger partial charge in [-0.1, -0.05) is 38.4 Å². The summed E-state index contributed by atoms with van der Waals surface area (Å²) in [6, 6.07) is 11.9. The molecule has 1 aliphatic heterocycles. The molecule has 3 fully saturated rings. The molecular weight excluding hydrogens is 859 g/mol. The number of hydrogen-bond acceptors (Lipinski definition) is 11. The molecule has 2 amide bonds. The molecule has 318 valence electrons. The van der Waals surface area contributed by atoms with E-state index >= 15 is 0 Å². The molecule has 17 heteroatoms. The molecule has 4 aromatic rings. The van der Waals surface area contributed by atoms with Crippen molar-refractivity contribution in [3.05, 3.63) is 76.7 Å². The number of likely N-dealkylation sites (tertiary alicyclic amines) is 1. The maximum absolute atomic E-state index is 15.0. The smallest absolute Gasteiger partial charge is 0.240 e. The molecule has 2 aromatic carbocycles. The molecule has 59 heavy (non-hydrogen) atoms. The lowest BCUT2D eigenvalue weighted by atomic mass is 9.77. The third-order valence-corrected chi connectivity index (χ3v) is 14.3. The zero-order chi connectivity index (χ0) is 40.9. The highest BCUT2D eigenvalue weighted by Gasteiger charge is 2.61. The fraction of sp³-hybridized carbons (Fsp3) is 0.452. The van der Waals surface area contributed by atoms with E-state index in [1.165, 1.54) is 11.3 Å². The minimum absolute atomic E-state index is 0. The van der Waals surface area contributed by atoms with Crippen molar-refractivity contribution in [1.82, 2.24) is 19.6 Å². The van der Waals surface area contributed by atoms with E-state index in [9.17, 15) is 22.8 Å². The van der Waals surface area contributed by atoms with E-state index in [1.54, 1.807) is 43.5 Å². The summed E-state index contributed by atoms with van der Waals surface area (Å²) in [7, 11) is -0.693. The number of nitrogens with one attached hydrogen (secondary N) is 1. The van der Waals surface area contributed by atoms with E-state index in [1.807, 2.05) is 56.5 Å². The largest absolute Gasteiger partial charge is 0.497 e. The normalized spacial score (nSPS) is 21.7. The molecule has 2 aliphatic carbocycles. The number of nitrogens with zero attached hydrogens (tertiary/aromatic N) is 3. The Labute approximate surface area is 366 Å². The third kappa shape index (κ3) is 9.67. The topological polar surface area (TPSA) is 154 Å². The number of hydrogen-bond donors (Lipinski definition) is 1. The van der Waals surface area contributed by atoms with Crippen molar-refractivity contribution in [1.29, 1.82) is 0 Å². The van der Waals surface area contributed by atoms with Gasteiger partial charge in [-0.25, -0.2) is 18.4 Å². The van der Waals surface area contributed by atoms with Crippen LogP contribution in [0, 0.1) is 22.7 Å². The van der Waals surface area contributed by atoms with Crippen molar-refractivity contribution >= 4 is 86.1 Å². The molecule has 12 nitrogen and oxygen atoms in total. The summed E-state index contributed by atoms with van der Waals surface area (Å²) in [5, 5.41) is 3.94. The lowest BCUT2D eigenvalue weighted by Gasteiger charge is -2.35. The quantitative estimate of drug-likeness (QED) is 0.117. The number of fused-ring (bicyclic) bond motifs is 1. The highest BCUT2D eigenvalue weighted by atomic mass is 35.5. The van der Waals surface area contributed by atoms with Crippen LogP contribution in [0.15, 0.2) is 66.7 Å². The molecule has 7 rings (SSSR count). The number of ketones is 1. The van der Waals surface area contributed by atoms with Gasteiger partial charge in [-0.2, -0.15) is 0 Å². The van der Waals surface area contributed by atoms with Gasteiger partial charge in [-0.15, -0.1) is 42.7 Å². The average Bonchev–Trinajstić information content (AvgIpc) is 4.07. The van der Waals surface area contributed by atoms with Crippen LogP contribution in [0.2, 0.25) is 5.02 Å². The second kappa shape index (κ2) is 18.0. The van der Waals surface area contributed by atoms with Gasteiger partial charge in [-0.05, 0) is 73.1 Å². The van der Waals surface area contributed by atoms with Gasteiger partial charge in [0.15, 0.2) is 5.78 Å². The molecule has 5 atom stereocenters. The SMILES string of the molecule is C=C[C@@H]1C[C@]1(CC(=O)[C@@H]1C[C@@H](Oc2ncc(OC)c3ccc(Cl)cc23)CN1C(=O)[C@@H](Cc1nc(-c2ccc(OC)cc2)cs1)C(C)(C)C)C(=O)NS(=O)(=O)C1CC1.Cl.Cl. The first-order valence-corrected chi connectivity index (χ1v) is 21.8. The first kappa shape index (κ1) is 46.1. The van der Waals surface area contributed by atoms with Gasteiger partial charge in [0.1, 0.15) is 17.6 Å². The summed E-state index contributed by atoms with van der Waals surface area (Å²) in [5.41, 5.74) is -0.110. The highest BCUT2D eigenvalue weighted by molar-refractivity contribution is 7.90. The van der Waals surface area contributed by atoms with Gasteiger partial charge < -0.3 is 19.1 Å². The zero-order valence-corrected chi connectivity index (χ0v) is 37.5. The van der Waals surface area contributed by atoms with Gasteiger partial charge in [0.05, 0.1) is 54.4 Å². The second-order valence-electron chi connectivity index (χ2n) is 16.3. The Hall–Kier alpha value is -3.95. The zero-order valence-electron chi connectivity index (χ0n) is 33.4. The summed E-state index contributed by atoms with van der Waals surface area (Å²) in [4.78, 5) is 54.2. The van der Waals surface area contributed by atoms with Gasteiger partial charge >= 0.3 is 0 Å². The van der Waals surface area contributed by atoms with Crippen LogP contribution in [0.25, 0.3) is 22.0 Å². The Morgan fingerprint density at radius 1 is 1.08 bits per heavy atom. The van der Waals surface area contributed by atoms with E-state index in [4.69, 9.17) is 30.8 Å². The van der Waals surface area contributed by atoms with Gasteiger partial charge in [-0.3, -0.25) is 19.1 Å². The van der Waals surface area contributed by atoms with E-state index in [-0.39, 0.29) is 74.1 Å². The van der Waals surface area contributed by atoms with Crippen molar-refractivity contribution in [3.8, 4) is 28.6 Å². The molecule has 3 aliphatic rings. The molecule has 0 spiro atoms. The Morgan fingerprint density at radius 2 is 1.80 bits per heavy atom. The molecular formula is C42H49Cl3N4O8S2. The number of rotatable bonds is 15. The number of halogens is 3. The van der Waals surface area contributed by atoms with Crippen molar-refractivity contribution in [2.45, 2.75) is 76.7 Å². The molecule has 1 saturated heterocycles. The van der Waals surface area contributed by atoms with E-state index in [0.29, 0.717) is 35.4 Å². The predicted octanol–water partition coefficient (Wildman–Crippen LogP) is 7.89. The fourth-order valence-electron chi connectivity index (χ4n) is 7.76. The number of carbonyl (C=O) groups is 3. The minimum atomic E-state index is -3.85. The Morgan fingerprint density at radius 3 is 2.41 bits per heavy atom. The van der Waals surface area contributed by atoms with Gasteiger partial charge in [0.25, 0.3) is 0 Å². The van der Waals surface area contributed by atoms with Crippen molar-refractivity contribution in [2.75, 3.05) is 20.8 Å². The van der Waals surface area contributed by atoms with Crippen LogP contribution in [0.5, 0.6) is 17.4 Å². The van der Waals surface area contributed by atoms with E-state index < -0.39 is 50.1 Å². The molecule has 0 bridgehead atoms. The summed E-state index contributed by atoms with van der Waals surface area (Å²) < 4.78 is 45.2. The third-order valence-electron chi connectivity index (χ3n) is 11.4. The number of aromatic nitrogens is 2. The lowest BCUT2D eigenvalue weighted by Crippen LogP contribution is -2.48. The number of thiazole rings is 1. The number of ether oxygens (including phenoxy) is 3. The van der Waals surface area contributed by atoms with E-state index in [2.05, 4.69) is 16.3 Å². The number of benzene rings is 2. The van der Waals surface area contributed by atoms with Crippen molar-refractivity contribution in [2.24, 2.45) is 22.7 Å². The maximum Gasteiger partial charge on any atom is 0.240 e. The van der Waals surface area contributed by atoms with Crippen molar-refractivity contribution < 1.29 is 37.0 Å². The number of methoxy groups -OCH3 is 2. The number of carbonyl (C=O) groups excluding carboxylic acids is 3. The molecule has 0 unspecified atom stereocenters. The van der Waals surface area contributed by atoms with Crippen LogP contribution < -0.4 is 18.9 Å². The van der Waals surface area contributed by atoms with Crippen LogP contribution >= 0.6 is 47.8 Å². The van der Waals surface area contributed by atoms with Crippen LogP contribution in [-0.2, 0) is 30.8 Å². The Kier molecular flexibility index (Phi) is 14.0. The highest BCUT2D eigenvalue weighted by Crippen LogP contribution is 2.57.